The van der Waals surface area contributed by atoms with Gasteiger partial charge in [0.05, 0.1) is 16.8 Å². The normalized spacial score (nSPS) is 15.8. The third kappa shape index (κ3) is 6.70. The van der Waals surface area contributed by atoms with Crippen molar-refractivity contribution in [2.24, 2.45) is 5.92 Å². The minimum Gasteiger partial charge on any atom is -0.317 e. The van der Waals surface area contributed by atoms with E-state index in [1.54, 1.807) is 24.3 Å². The minimum absolute atomic E-state index is 0.131. The van der Waals surface area contributed by atoms with Crippen molar-refractivity contribution in [3.63, 3.8) is 0 Å². The van der Waals surface area contributed by atoms with E-state index < -0.39 is 20.0 Å². The van der Waals surface area contributed by atoms with Crippen LogP contribution in [0.4, 0.5) is 5.69 Å². The highest BCUT2D eigenvalue weighted by molar-refractivity contribution is 7.92. The zero-order valence-corrected chi connectivity index (χ0v) is 21.6. The van der Waals surface area contributed by atoms with Crippen LogP contribution in [0.25, 0.3) is 0 Å². The summed E-state index contributed by atoms with van der Waals surface area (Å²) < 4.78 is 54.9. The van der Waals surface area contributed by atoms with Crippen LogP contribution >= 0.6 is 11.6 Å². The first-order chi connectivity index (χ1) is 15.5. The summed E-state index contributed by atoms with van der Waals surface area (Å²) in [6.07, 6.45) is 2.60. The van der Waals surface area contributed by atoms with Crippen molar-refractivity contribution in [3.05, 3.63) is 59.1 Å². The van der Waals surface area contributed by atoms with Crippen LogP contribution in [0, 0.1) is 5.92 Å². The third-order valence-corrected chi connectivity index (χ3v) is 8.87. The number of anilines is 1. The summed E-state index contributed by atoms with van der Waals surface area (Å²) in [6, 6.07) is 13.1. The molecule has 182 valence electrons. The molecule has 0 unspecified atom stereocenters. The fourth-order valence-corrected chi connectivity index (χ4v) is 7.05. The monoisotopic (exact) mass is 513 g/mol. The summed E-state index contributed by atoms with van der Waals surface area (Å²) in [5.41, 5.74) is 1.32. The van der Waals surface area contributed by atoms with E-state index in [1.165, 1.54) is 27.0 Å². The number of rotatable bonds is 9. The van der Waals surface area contributed by atoms with Crippen molar-refractivity contribution in [2.45, 2.75) is 44.2 Å². The topological polar surface area (TPSA) is 86.8 Å². The number of nitrogens with one attached hydrogen (secondary N) is 1. The molecule has 0 radical (unpaired) electrons. The van der Waals surface area contributed by atoms with Crippen LogP contribution in [0.5, 0.6) is 0 Å². The highest BCUT2D eigenvalue weighted by Crippen LogP contribution is 2.28. The van der Waals surface area contributed by atoms with Gasteiger partial charge < -0.3 is 5.32 Å². The van der Waals surface area contributed by atoms with Crippen LogP contribution in [-0.2, 0) is 26.6 Å². The molecule has 0 aromatic heterocycles. The fraction of sp³-hybridized carbons (Fsp3) is 0.478. The molecular weight excluding hydrogens is 482 g/mol. The van der Waals surface area contributed by atoms with E-state index in [9.17, 15) is 16.8 Å². The van der Waals surface area contributed by atoms with Crippen LogP contribution in [0.1, 0.15) is 32.3 Å². The first-order valence-electron chi connectivity index (χ1n) is 11.0. The molecule has 0 bridgehead atoms. The molecule has 0 amide bonds. The third-order valence-electron chi connectivity index (χ3n) is 5.57. The molecule has 1 saturated heterocycles. The highest BCUT2D eigenvalue weighted by Gasteiger charge is 2.30. The van der Waals surface area contributed by atoms with Gasteiger partial charge in [0.15, 0.2) is 0 Å². The van der Waals surface area contributed by atoms with Gasteiger partial charge in [-0.15, -0.1) is 0 Å². The summed E-state index contributed by atoms with van der Waals surface area (Å²) in [5, 5.41) is 3.83. The largest absolute Gasteiger partial charge is 0.317 e. The van der Waals surface area contributed by atoms with Gasteiger partial charge in [0.2, 0.25) is 20.0 Å². The van der Waals surface area contributed by atoms with E-state index in [4.69, 9.17) is 11.6 Å². The molecule has 0 saturated carbocycles. The zero-order chi connectivity index (χ0) is 24.2. The average molecular weight is 514 g/mol. The van der Waals surface area contributed by atoms with E-state index in [2.05, 4.69) is 5.32 Å². The summed E-state index contributed by atoms with van der Waals surface area (Å²) in [4.78, 5) is 0.139. The number of nitrogens with zero attached hydrogens (tertiary/aromatic N) is 2. The van der Waals surface area contributed by atoms with Crippen molar-refractivity contribution >= 4 is 37.3 Å². The van der Waals surface area contributed by atoms with Crippen molar-refractivity contribution in [3.8, 4) is 0 Å². The van der Waals surface area contributed by atoms with Crippen molar-refractivity contribution < 1.29 is 16.8 Å². The van der Waals surface area contributed by atoms with Crippen LogP contribution in [-0.4, -0.2) is 53.1 Å². The molecule has 1 aliphatic heterocycles. The number of sulfonamides is 2. The first-order valence-corrected chi connectivity index (χ1v) is 14.7. The Balaban J connectivity index is 1.90. The predicted molar refractivity (Wildman–Crippen MR) is 134 cm³/mol. The van der Waals surface area contributed by atoms with Gasteiger partial charge in [-0.05, 0) is 73.8 Å². The van der Waals surface area contributed by atoms with Crippen LogP contribution in [0.2, 0.25) is 5.02 Å². The molecule has 0 atom stereocenters. The number of halogens is 1. The summed E-state index contributed by atoms with van der Waals surface area (Å²) in [5.74, 6) is 0.131. The molecular formula is C23H32ClN3O4S2. The summed E-state index contributed by atoms with van der Waals surface area (Å²) in [6.45, 7) is 6.02. The molecule has 0 aliphatic carbocycles. The lowest BCUT2D eigenvalue weighted by molar-refractivity contribution is 0.362. The molecule has 1 aliphatic rings. The van der Waals surface area contributed by atoms with E-state index in [-0.39, 0.29) is 23.4 Å². The molecule has 2 aromatic carbocycles. The molecule has 2 aromatic rings. The molecule has 7 nitrogen and oxygen atoms in total. The van der Waals surface area contributed by atoms with E-state index in [0.717, 1.165) is 18.7 Å². The van der Waals surface area contributed by atoms with Crippen molar-refractivity contribution in [1.82, 2.24) is 9.62 Å². The van der Waals surface area contributed by atoms with Gasteiger partial charge in [-0.25, -0.2) is 16.8 Å². The van der Waals surface area contributed by atoms with Gasteiger partial charge in [-0.2, -0.15) is 4.31 Å². The Labute approximate surface area is 202 Å². The molecule has 33 heavy (non-hydrogen) atoms. The molecule has 1 fully saturated rings. The van der Waals surface area contributed by atoms with Gasteiger partial charge in [0, 0.05) is 24.2 Å². The number of piperidine rings is 1. The average Bonchev–Trinajstić information content (AvgIpc) is 2.75. The van der Waals surface area contributed by atoms with Crippen LogP contribution in [0.15, 0.2) is 53.4 Å². The second kappa shape index (κ2) is 10.7. The minimum atomic E-state index is -3.78. The fourth-order valence-electron chi connectivity index (χ4n) is 4.08. The molecule has 1 heterocycles. The zero-order valence-electron chi connectivity index (χ0n) is 19.2. The Hall–Kier alpha value is -1.65. The quantitative estimate of drug-likeness (QED) is 0.552. The summed E-state index contributed by atoms with van der Waals surface area (Å²) >= 11 is 5.96. The Bertz CT molecular complexity index is 1130. The standard InChI is InChI=1S/C23H32ClN3O4S2/c1-18(2)16-26(17-19-4-6-20(24)7-5-19)33(30,31)23-10-8-21(9-11-23)27(32(3,28)29)22-12-14-25-15-13-22/h4-11,18,22,25H,12-17H2,1-3H3. The van der Waals surface area contributed by atoms with Crippen molar-refractivity contribution in [2.75, 3.05) is 30.2 Å². The van der Waals surface area contributed by atoms with Gasteiger partial charge in [0.25, 0.3) is 0 Å². The molecule has 10 heteroatoms. The Morgan fingerprint density at radius 1 is 0.970 bits per heavy atom. The lowest BCUT2D eigenvalue weighted by atomic mass is 10.1. The smallest absolute Gasteiger partial charge is 0.243 e. The Kier molecular flexibility index (Phi) is 8.45. The second-order valence-electron chi connectivity index (χ2n) is 8.85. The maximum atomic E-state index is 13.5. The maximum Gasteiger partial charge on any atom is 0.243 e. The SMILES string of the molecule is CC(C)CN(Cc1ccc(Cl)cc1)S(=O)(=O)c1ccc(N(C2CCNCC2)S(C)(=O)=O)cc1. The number of hydrogen-bond donors (Lipinski definition) is 1. The lowest BCUT2D eigenvalue weighted by Gasteiger charge is -2.34. The van der Waals surface area contributed by atoms with E-state index in [0.29, 0.717) is 30.1 Å². The Morgan fingerprint density at radius 2 is 1.55 bits per heavy atom. The predicted octanol–water partition coefficient (Wildman–Crippen LogP) is 3.70. The van der Waals surface area contributed by atoms with E-state index in [1.807, 2.05) is 26.0 Å². The first kappa shape index (κ1) is 26.0. The number of hydrogen-bond acceptors (Lipinski definition) is 5. The van der Waals surface area contributed by atoms with Gasteiger partial charge in [-0.3, -0.25) is 4.31 Å². The maximum absolute atomic E-state index is 13.5. The number of benzene rings is 2. The van der Waals surface area contributed by atoms with Gasteiger partial charge in [-0.1, -0.05) is 37.6 Å². The van der Waals surface area contributed by atoms with Crippen LogP contribution < -0.4 is 9.62 Å². The van der Waals surface area contributed by atoms with E-state index >= 15 is 0 Å². The second-order valence-corrected chi connectivity index (χ2v) is 13.1. The molecule has 3 rings (SSSR count). The van der Waals surface area contributed by atoms with Gasteiger partial charge in [0.1, 0.15) is 0 Å². The Morgan fingerprint density at radius 3 is 2.06 bits per heavy atom. The summed E-state index contributed by atoms with van der Waals surface area (Å²) in [7, 11) is -7.29. The van der Waals surface area contributed by atoms with Crippen LogP contribution in [0.3, 0.4) is 0 Å². The molecule has 0 spiro atoms. The highest BCUT2D eigenvalue weighted by atomic mass is 35.5. The van der Waals surface area contributed by atoms with Crippen molar-refractivity contribution in [1.29, 1.82) is 0 Å². The molecule has 1 N–H and O–H groups in total. The van der Waals surface area contributed by atoms with Gasteiger partial charge >= 0.3 is 0 Å². The lowest BCUT2D eigenvalue weighted by Crippen LogP contribution is -2.46.